The first-order chi connectivity index (χ1) is 12.6. The van der Waals surface area contributed by atoms with Crippen molar-refractivity contribution in [3.05, 3.63) is 65.2 Å². The zero-order chi connectivity index (χ0) is 18.4. The van der Waals surface area contributed by atoms with E-state index in [4.69, 9.17) is 11.6 Å². The zero-order valence-corrected chi connectivity index (χ0v) is 15.3. The van der Waals surface area contributed by atoms with Crippen molar-refractivity contribution in [3.63, 3.8) is 0 Å². The fourth-order valence-electron chi connectivity index (χ4n) is 2.97. The summed E-state index contributed by atoms with van der Waals surface area (Å²) in [6, 6.07) is 17.4. The van der Waals surface area contributed by atoms with Crippen LogP contribution in [0.25, 0.3) is 0 Å². The van der Waals surface area contributed by atoms with Crippen molar-refractivity contribution in [2.24, 2.45) is 0 Å². The molecule has 1 fully saturated rings. The molecule has 2 amide bonds. The Morgan fingerprint density at radius 2 is 1.58 bits per heavy atom. The normalized spacial score (nSPS) is 14.2. The van der Waals surface area contributed by atoms with E-state index >= 15 is 0 Å². The molecule has 5 nitrogen and oxygen atoms in total. The van der Waals surface area contributed by atoms with Gasteiger partial charge in [-0.05, 0) is 29.8 Å². The Kier molecular flexibility index (Phi) is 6.12. The minimum absolute atomic E-state index is 0.112. The molecular formula is C20H22ClN3O2. The quantitative estimate of drug-likeness (QED) is 0.822. The maximum absolute atomic E-state index is 12.3. The number of hydrogen-bond acceptors (Lipinski definition) is 3. The molecule has 0 radical (unpaired) electrons. The van der Waals surface area contributed by atoms with E-state index in [0.29, 0.717) is 24.7 Å². The van der Waals surface area contributed by atoms with E-state index in [2.05, 4.69) is 22.3 Å². The van der Waals surface area contributed by atoms with Crippen molar-refractivity contribution in [1.82, 2.24) is 10.2 Å². The van der Waals surface area contributed by atoms with Gasteiger partial charge >= 0.3 is 0 Å². The van der Waals surface area contributed by atoms with E-state index in [1.807, 2.05) is 30.3 Å². The SMILES string of the molecule is O=C(CC(=O)N1CCN(c2ccccc2)CC1)NCc1ccc(Cl)cc1. The second-order valence-electron chi connectivity index (χ2n) is 6.28. The summed E-state index contributed by atoms with van der Waals surface area (Å²) in [6.45, 7) is 3.23. The number of amides is 2. The van der Waals surface area contributed by atoms with Crippen LogP contribution in [0.4, 0.5) is 5.69 Å². The van der Waals surface area contributed by atoms with Crippen LogP contribution in [0.3, 0.4) is 0 Å². The number of nitrogens with zero attached hydrogens (tertiary/aromatic N) is 2. The highest BCUT2D eigenvalue weighted by Crippen LogP contribution is 2.16. The molecule has 1 N–H and O–H groups in total. The minimum Gasteiger partial charge on any atom is -0.368 e. The molecule has 3 rings (SSSR count). The minimum atomic E-state index is -0.254. The first kappa shape index (κ1) is 18.3. The molecule has 2 aromatic rings. The van der Waals surface area contributed by atoms with Gasteiger partial charge in [-0.2, -0.15) is 0 Å². The van der Waals surface area contributed by atoms with Crippen LogP contribution >= 0.6 is 11.6 Å². The standard InChI is InChI=1S/C20H22ClN3O2/c21-17-8-6-16(7-9-17)15-22-19(25)14-20(26)24-12-10-23(11-13-24)18-4-2-1-3-5-18/h1-9H,10-15H2,(H,22,25). The average molecular weight is 372 g/mol. The number of carbonyl (C=O) groups is 2. The number of carbonyl (C=O) groups excluding carboxylic acids is 2. The van der Waals surface area contributed by atoms with Crippen LogP contribution in [0.15, 0.2) is 54.6 Å². The van der Waals surface area contributed by atoms with Gasteiger partial charge in [-0.15, -0.1) is 0 Å². The molecule has 2 aromatic carbocycles. The van der Waals surface area contributed by atoms with E-state index < -0.39 is 0 Å². The summed E-state index contributed by atoms with van der Waals surface area (Å²) in [4.78, 5) is 28.4. The summed E-state index contributed by atoms with van der Waals surface area (Å²) in [5.74, 6) is -0.373. The molecule has 0 aliphatic carbocycles. The largest absolute Gasteiger partial charge is 0.368 e. The average Bonchev–Trinajstić information content (AvgIpc) is 2.68. The van der Waals surface area contributed by atoms with Crippen molar-refractivity contribution in [2.75, 3.05) is 31.1 Å². The van der Waals surface area contributed by atoms with E-state index in [0.717, 1.165) is 18.7 Å². The fraction of sp³-hybridized carbons (Fsp3) is 0.300. The highest BCUT2D eigenvalue weighted by molar-refractivity contribution is 6.30. The van der Waals surface area contributed by atoms with E-state index in [1.165, 1.54) is 5.69 Å². The molecule has 136 valence electrons. The number of hydrogen-bond donors (Lipinski definition) is 1. The maximum Gasteiger partial charge on any atom is 0.232 e. The van der Waals surface area contributed by atoms with E-state index in [1.54, 1.807) is 17.0 Å². The maximum atomic E-state index is 12.3. The Hall–Kier alpha value is -2.53. The lowest BCUT2D eigenvalue weighted by molar-refractivity contribution is -0.136. The Labute approximate surface area is 158 Å². The number of nitrogens with one attached hydrogen (secondary N) is 1. The summed E-state index contributed by atoms with van der Waals surface area (Å²) in [6.07, 6.45) is -0.112. The van der Waals surface area contributed by atoms with Crippen LogP contribution < -0.4 is 10.2 Å². The van der Waals surface area contributed by atoms with Crippen molar-refractivity contribution in [2.45, 2.75) is 13.0 Å². The van der Waals surface area contributed by atoms with Crippen LogP contribution in [0.2, 0.25) is 5.02 Å². The molecule has 1 saturated heterocycles. The molecular weight excluding hydrogens is 350 g/mol. The van der Waals surface area contributed by atoms with Gasteiger partial charge in [0.05, 0.1) is 0 Å². The number of anilines is 1. The Balaban J connectivity index is 1.42. The molecule has 1 heterocycles. The van der Waals surface area contributed by atoms with Crippen molar-refractivity contribution in [1.29, 1.82) is 0 Å². The van der Waals surface area contributed by atoms with Gasteiger partial charge in [0.1, 0.15) is 6.42 Å². The Morgan fingerprint density at radius 1 is 0.923 bits per heavy atom. The van der Waals surface area contributed by atoms with Gasteiger partial charge < -0.3 is 15.1 Å². The first-order valence-electron chi connectivity index (χ1n) is 8.71. The molecule has 26 heavy (non-hydrogen) atoms. The first-order valence-corrected chi connectivity index (χ1v) is 9.08. The molecule has 1 aliphatic rings. The number of para-hydroxylation sites is 1. The molecule has 0 unspecified atom stereocenters. The number of halogens is 1. The third-order valence-electron chi connectivity index (χ3n) is 4.47. The lowest BCUT2D eigenvalue weighted by atomic mass is 10.2. The fourth-order valence-corrected chi connectivity index (χ4v) is 3.09. The summed E-state index contributed by atoms with van der Waals surface area (Å²) >= 11 is 5.84. The summed E-state index contributed by atoms with van der Waals surface area (Å²) < 4.78 is 0. The van der Waals surface area contributed by atoms with Gasteiger partial charge in [-0.1, -0.05) is 41.9 Å². The topological polar surface area (TPSA) is 52.7 Å². The molecule has 0 atom stereocenters. The van der Waals surface area contributed by atoms with Crippen molar-refractivity contribution >= 4 is 29.1 Å². The van der Waals surface area contributed by atoms with Crippen molar-refractivity contribution < 1.29 is 9.59 Å². The molecule has 0 spiro atoms. The number of piperazine rings is 1. The summed E-state index contributed by atoms with van der Waals surface area (Å²) in [7, 11) is 0. The lowest BCUT2D eigenvalue weighted by Crippen LogP contribution is -2.49. The summed E-state index contributed by atoms with van der Waals surface area (Å²) in [5.41, 5.74) is 2.12. The zero-order valence-electron chi connectivity index (χ0n) is 14.5. The Morgan fingerprint density at radius 3 is 2.23 bits per heavy atom. The predicted molar refractivity (Wildman–Crippen MR) is 103 cm³/mol. The van der Waals surface area contributed by atoms with Crippen LogP contribution in [-0.4, -0.2) is 42.9 Å². The van der Waals surface area contributed by atoms with E-state index in [-0.39, 0.29) is 18.2 Å². The van der Waals surface area contributed by atoms with Gasteiger partial charge in [-0.3, -0.25) is 9.59 Å². The highest BCUT2D eigenvalue weighted by atomic mass is 35.5. The van der Waals surface area contributed by atoms with Gasteiger partial charge in [0.2, 0.25) is 11.8 Å². The second-order valence-corrected chi connectivity index (χ2v) is 6.72. The number of rotatable bonds is 5. The molecule has 0 aromatic heterocycles. The summed E-state index contributed by atoms with van der Waals surface area (Å²) in [5, 5.41) is 3.44. The predicted octanol–water partition coefficient (Wildman–Crippen LogP) is 2.70. The molecule has 6 heteroatoms. The third kappa shape index (κ3) is 4.99. The Bertz CT molecular complexity index is 741. The van der Waals surface area contributed by atoms with Gasteiger partial charge in [0, 0.05) is 43.4 Å². The van der Waals surface area contributed by atoms with Crippen LogP contribution in [-0.2, 0) is 16.1 Å². The van der Waals surface area contributed by atoms with Gasteiger partial charge in [-0.25, -0.2) is 0 Å². The van der Waals surface area contributed by atoms with E-state index in [9.17, 15) is 9.59 Å². The van der Waals surface area contributed by atoms with Gasteiger partial charge in [0.25, 0.3) is 0 Å². The number of benzene rings is 2. The monoisotopic (exact) mass is 371 g/mol. The smallest absolute Gasteiger partial charge is 0.232 e. The lowest BCUT2D eigenvalue weighted by Gasteiger charge is -2.36. The van der Waals surface area contributed by atoms with Crippen LogP contribution in [0.1, 0.15) is 12.0 Å². The van der Waals surface area contributed by atoms with Crippen LogP contribution in [0.5, 0.6) is 0 Å². The van der Waals surface area contributed by atoms with Crippen molar-refractivity contribution in [3.8, 4) is 0 Å². The third-order valence-corrected chi connectivity index (χ3v) is 4.72. The van der Waals surface area contributed by atoms with Crippen LogP contribution in [0, 0.1) is 0 Å². The molecule has 1 aliphatic heterocycles. The van der Waals surface area contributed by atoms with Gasteiger partial charge in [0.15, 0.2) is 0 Å². The molecule has 0 saturated carbocycles. The highest BCUT2D eigenvalue weighted by Gasteiger charge is 2.22. The molecule has 0 bridgehead atoms. The second kappa shape index (κ2) is 8.72.